The SMILES string of the molecule is O=C1c2c(O)cc(O)c([C@@H]3C(=O)c4c(O)cc(O)cc4O[C@H]3c3ccc(O)cc3)c2O[C@@H](c2ccc(O)cc2)[C@@H]1O. The number of rotatable bonds is 3. The summed E-state index contributed by atoms with van der Waals surface area (Å²) in [5, 5.41) is 72.7. The van der Waals surface area contributed by atoms with Crippen molar-refractivity contribution in [2.75, 3.05) is 0 Å². The molecule has 0 fully saturated rings. The van der Waals surface area contributed by atoms with E-state index in [1.54, 1.807) is 0 Å². The maximum absolute atomic E-state index is 14.1. The Morgan fingerprint density at radius 1 is 0.561 bits per heavy atom. The number of hydrogen-bond acceptors (Lipinski definition) is 11. The lowest BCUT2D eigenvalue weighted by molar-refractivity contribution is 0.0197. The molecule has 0 amide bonds. The molecule has 208 valence electrons. The number of aliphatic hydroxyl groups excluding tert-OH is 1. The molecule has 2 aliphatic rings. The van der Waals surface area contributed by atoms with Gasteiger partial charge in [-0.2, -0.15) is 0 Å². The first-order valence-electron chi connectivity index (χ1n) is 12.4. The quantitative estimate of drug-likeness (QED) is 0.194. The molecular formula is C30H22O11. The highest BCUT2D eigenvalue weighted by Gasteiger charge is 2.48. The highest BCUT2D eigenvalue weighted by Crippen LogP contribution is 2.55. The summed E-state index contributed by atoms with van der Waals surface area (Å²) in [4.78, 5) is 27.5. The van der Waals surface area contributed by atoms with Crippen molar-refractivity contribution in [1.29, 1.82) is 0 Å². The zero-order chi connectivity index (χ0) is 29.2. The molecule has 2 aliphatic heterocycles. The van der Waals surface area contributed by atoms with E-state index < -0.39 is 58.6 Å². The van der Waals surface area contributed by atoms with E-state index in [0.29, 0.717) is 5.56 Å². The number of carbonyl (C=O) groups is 2. The van der Waals surface area contributed by atoms with E-state index in [4.69, 9.17) is 9.47 Å². The van der Waals surface area contributed by atoms with Crippen molar-refractivity contribution < 1.29 is 54.8 Å². The molecule has 4 aromatic rings. The molecule has 11 nitrogen and oxygen atoms in total. The topological polar surface area (TPSA) is 194 Å². The smallest absolute Gasteiger partial charge is 0.202 e. The van der Waals surface area contributed by atoms with E-state index >= 15 is 0 Å². The van der Waals surface area contributed by atoms with Crippen LogP contribution in [0.3, 0.4) is 0 Å². The zero-order valence-corrected chi connectivity index (χ0v) is 20.9. The van der Waals surface area contributed by atoms with Crippen LogP contribution in [0.5, 0.6) is 46.0 Å². The second-order valence-electron chi connectivity index (χ2n) is 9.78. The molecule has 6 rings (SSSR count). The summed E-state index contributed by atoms with van der Waals surface area (Å²) in [5.74, 6) is -6.19. The Hall–Kier alpha value is -5.42. The van der Waals surface area contributed by atoms with Gasteiger partial charge in [0.25, 0.3) is 0 Å². The van der Waals surface area contributed by atoms with Gasteiger partial charge in [0.15, 0.2) is 18.0 Å². The van der Waals surface area contributed by atoms with Crippen molar-refractivity contribution in [3.8, 4) is 46.0 Å². The molecule has 0 aliphatic carbocycles. The third kappa shape index (κ3) is 4.10. The highest BCUT2D eigenvalue weighted by atomic mass is 16.5. The summed E-state index contributed by atoms with van der Waals surface area (Å²) < 4.78 is 12.1. The van der Waals surface area contributed by atoms with Crippen LogP contribution in [-0.4, -0.2) is 53.4 Å². The summed E-state index contributed by atoms with van der Waals surface area (Å²) in [6.45, 7) is 0. The molecule has 0 saturated carbocycles. The van der Waals surface area contributed by atoms with Crippen molar-refractivity contribution in [3.05, 3.63) is 94.5 Å². The zero-order valence-electron chi connectivity index (χ0n) is 20.9. The Kier molecular flexibility index (Phi) is 5.89. The summed E-state index contributed by atoms with van der Waals surface area (Å²) in [6.07, 6.45) is -4.37. The van der Waals surface area contributed by atoms with Gasteiger partial charge < -0.3 is 45.2 Å². The summed E-state index contributed by atoms with van der Waals surface area (Å²) in [6, 6.07) is 14.0. The number of hydrogen-bond donors (Lipinski definition) is 7. The van der Waals surface area contributed by atoms with E-state index in [1.165, 1.54) is 48.5 Å². The fourth-order valence-electron chi connectivity index (χ4n) is 5.33. The van der Waals surface area contributed by atoms with Crippen LogP contribution in [0.2, 0.25) is 0 Å². The van der Waals surface area contributed by atoms with Gasteiger partial charge in [-0.15, -0.1) is 0 Å². The fraction of sp³-hybridized carbons (Fsp3) is 0.133. The Morgan fingerprint density at radius 2 is 1.12 bits per heavy atom. The number of benzene rings is 4. The molecular weight excluding hydrogens is 536 g/mol. The van der Waals surface area contributed by atoms with Crippen LogP contribution in [0.15, 0.2) is 66.7 Å². The minimum atomic E-state index is -1.78. The van der Waals surface area contributed by atoms with Crippen molar-refractivity contribution in [3.63, 3.8) is 0 Å². The Bertz CT molecular complexity index is 1710. The lowest BCUT2D eigenvalue weighted by Crippen LogP contribution is -2.38. The highest BCUT2D eigenvalue weighted by molar-refractivity contribution is 6.10. The second-order valence-corrected chi connectivity index (χ2v) is 9.78. The summed E-state index contributed by atoms with van der Waals surface area (Å²) in [7, 11) is 0. The van der Waals surface area contributed by atoms with Gasteiger partial charge in [0, 0.05) is 18.2 Å². The molecule has 2 heterocycles. The maximum atomic E-state index is 14.1. The van der Waals surface area contributed by atoms with Crippen LogP contribution in [0.1, 0.15) is 55.5 Å². The summed E-state index contributed by atoms with van der Waals surface area (Å²) in [5.41, 5.74) is -0.418. The second kappa shape index (κ2) is 9.35. The maximum Gasteiger partial charge on any atom is 0.202 e. The number of ether oxygens (including phenoxy) is 2. The monoisotopic (exact) mass is 558 g/mol. The third-order valence-corrected chi connectivity index (χ3v) is 7.23. The largest absolute Gasteiger partial charge is 0.508 e. The number of aliphatic hydroxyl groups is 1. The standard InChI is InChI=1S/C30H22O11/c31-14-5-1-12(2-6-14)28-24(25(37)21-17(34)9-16(33)10-20(21)40-28)22-18(35)11-19(36)23-26(38)27(39)29(41-30(22)23)13-3-7-15(32)8-4-13/h1-11,24,27-29,31-36,39H/t24-,27-,28+,29+/m1/s1. The normalized spacial score (nSPS) is 21.4. The van der Waals surface area contributed by atoms with Gasteiger partial charge >= 0.3 is 0 Å². The molecule has 4 atom stereocenters. The van der Waals surface area contributed by atoms with E-state index in [0.717, 1.165) is 18.2 Å². The number of aromatic hydroxyl groups is 6. The first-order chi connectivity index (χ1) is 19.5. The lowest BCUT2D eigenvalue weighted by atomic mass is 9.78. The van der Waals surface area contributed by atoms with Gasteiger partial charge in [0.1, 0.15) is 63.2 Å². The number of Topliss-reactive ketones (excluding diaryl/α,β-unsaturated/α-hetero) is 2. The number of ketones is 2. The number of carbonyl (C=O) groups excluding carboxylic acids is 2. The predicted molar refractivity (Wildman–Crippen MR) is 140 cm³/mol. The van der Waals surface area contributed by atoms with Crippen LogP contribution >= 0.6 is 0 Å². The minimum absolute atomic E-state index is 0.0760. The Morgan fingerprint density at radius 3 is 1.73 bits per heavy atom. The van der Waals surface area contributed by atoms with Crippen molar-refractivity contribution in [2.24, 2.45) is 0 Å². The van der Waals surface area contributed by atoms with Crippen molar-refractivity contribution in [1.82, 2.24) is 0 Å². The van der Waals surface area contributed by atoms with E-state index in [2.05, 4.69) is 0 Å². The molecule has 0 bridgehead atoms. The van der Waals surface area contributed by atoms with Gasteiger partial charge in [-0.25, -0.2) is 0 Å². The van der Waals surface area contributed by atoms with Gasteiger partial charge in [-0.1, -0.05) is 24.3 Å². The van der Waals surface area contributed by atoms with Gasteiger partial charge in [0.2, 0.25) is 5.78 Å². The van der Waals surface area contributed by atoms with Gasteiger partial charge in [0.05, 0.1) is 11.5 Å². The Balaban J connectivity index is 1.59. The van der Waals surface area contributed by atoms with Gasteiger partial charge in [-0.05, 0) is 35.4 Å². The average Bonchev–Trinajstić information content (AvgIpc) is 2.92. The number of fused-ring (bicyclic) bond motifs is 2. The van der Waals surface area contributed by atoms with Crippen LogP contribution in [-0.2, 0) is 0 Å². The molecule has 4 aromatic carbocycles. The molecule has 7 N–H and O–H groups in total. The summed E-state index contributed by atoms with van der Waals surface area (Å²) >= 11 is 0. The minimum Gasteiger partial charge on any atom is -0.508 e. The number of phenols is 6. The van der Waals surface area contributed by atoms with Crippen molar-refractivity contribution >= 4 is 11.6 Å². The molecule has 0 saturated heterocycles. The molecule has 0 unspecified atom stereocenters. The molecule has 0 spiro atoms. The van der Waals surface area contributed by atoms with E-state index in [1.807, 2.05) is 0 Å². The van der Waals surface area contributed by atoms with E-state index in [9.17, 15) is 45.3 Å². The lowest BCUT2D eigenvalue weighted by Gasteiger charge is -2.37. The van der Waals surface area contributed by atoms with Crippen LogP contribution < -0.4 is 9.47 Å². The van der Waals surface area contributed by atoms with Gasteiger partial charge in [-0.3, -0.25) is 9.59 Å². The van der Waals surface area contributed by atoms with E-state index in [-0.39, 0.29) is 45.4 Å². The first kappa shape index (κ1) is 25.8. The third-order valence-electron chi connectivity index (χ3n) is 7.23. The molecule has 41 heavy (non-hydrogen) atoms. The number of phenolic OH excluding ortho intramolecular Hbond substituents is 6. The molecule has 11 heteroatoms. The Labute approximate surface area is 231 Å². The predicted octanol–water partition coefficient (Wildman–Crippen LogP) is 3.70. The first-order valence-corrected chi connectivity index (χ1v) is 12.4. The van der Waals surface area contributed by atoms with Crippen LogP contribution in [0.4, 0.5) is 0 Å². The van der Waals surface area contributed by atoms with Crippen LogP contribution in [0, 0.1) is 0 Å². The average molecular weight is 558 g/mol. The molecule has 0 radical (unpaired) electrons. The van der Waals surface area contributed by atoms with Crippen LogP contribution in [0.25, 0.3) is 0 Å². The van der Waals surface area contributed by atoms with Crippen molar-refractivity contribution in [2.45, 2.75) is 24.2 Å². The fourth-order valence-corrected chi connectivity index (χ4v) is 5.33. The molecule has 0 aromatic heterocycles.